The van der Waals surface area contributed by atoms with Gasteiger partial charge in [-0.05, 0) is 49.6 Å². The number of unbranched alkanes of at least 4 members (excludes halogenated alkanes) is 1. The van der Waals surface area contributed by atoms with E-state index >= 15 is 0 Å². The number of rotatable bonds is 9. The van der Waals surface area contributed by atoms with Gasteiger partial charge in [0.1, 0.15) is 5.54 Å². The van der Waals surface area contributed by atoms with Crippen molar-refractivity contribution >= 4 is 18.2 Å². The van der Waals surface area contributed by atoms with Crippen molar-refractivity contribution in [1.82, 2.24) is 10.3 Å². The maximum Gasteiger partial charge on any atom is 0.346 e. The third-order valence-electron chi connectivity index (χ3n) is 4.87. The Morgan fingerprint density at radius 3 is 2.53 bits per heavy atom. The summed E-state index contributed by atoms with van der Waals surface area (Å²) in [7, 11) is 0. The summed E-state index contributed by atoms with van der Waals surface area (Å²) in [4.78, 5) is 25.3. The number of hydrazone groups is 1. The Bertz CT molecular complexity index is 929. The number of hydrogen-bond donors (Lipinski definition) is 1. The second-order valence-corrected chi connectivity index (χ2v) is 7.12. The first-order valence-corrected chi connectivity index (χ1v) is 10.2. The highest BCUT2D eigenvalue weighted by molar-refractivity contribution is 6.07. The van der Waals surface area contributed by atoms with Crippen molar-refractivity contribution in [3.8, 4) is 11.5 Å². The van der Waals surface area contributed by atoms with Gasteiger partial charge in [-0.15, -0.1) is 5.01 Å². The molecule has 2 aromatic rings. The zero-order valence-electron chi connectivity index (χ0n) is 17.6. The van der Waals surface area contributed by atoms with Gasteiger partial charge in [0.05, 0.1) is 19.4 Å². The van der Waals surface area contributed by atoms with Crippen molar-refractivity contribution in [3.63, 3.8) is 0 Å². The molecule has 3 rings (SSSR count). The number of amides is 3. The number of carbonyl (C=O) groups excluding carboxylic acids is 2. The van der Waals surface area contributed by atoms with Crippen LogP contribution in [0.15, 0.2) is 53.6 Å². The van der Waals surface area contributed by atoms with Crippen LogP contribution in [0.2, 0.25) is 0 Å². The lowest BCUT2D eigenvalue weighted by Crippen LogP contribution is -2.40. The first-order valence-electron chi connectivity index (χ1n) is 10.2. The van der Waals surface area contributed by atoms with Gasteiger partial charge in [-0.1, -0.05) is 43.7 Å². The SMILES string of the molecule is CCCCOc1ccc(/C=N\N2C(=O)N[C@](C)(c3ccccc3)C2=O)cc1OCC. The summed E-state index contributed by atoms with van der Waals surface area (Å²) in [5.74, 6) is 0.831. The van der Waals surface area contributed by atoms with Crippen LogP contribution in [0.25, 0.3) is 0 Å². The van der Waals surface area contributed by atoms with Gasteiger partial charge < -0.3 is 14.8 Å². The van der Waals surface area contributed by atoms with Gasteiger partial charge in [-0.2, -0.15) is 5.10 Å². The van der Waals surface area contributed by atoms with Crippen molar-refractivity contribution in [2.24, 2.45) is 5.10 Å². The lowest BCUT2D eigenvalue weighted by molar-refractivity contribution is -0.131. The molecule has 0 saturated carbocycles. The molecule has 158 valence electrons. The van der Waals surface area contributed by atoms with E-state index in [-0.39, 0.29) is 0 Å². The molecule has 1 heterocycles. The first kappa shape index (κ1) is 21.4. The van der Waals surface area contributed by atoms with E-state index in [9.17, 15) is 9.59 Å². The minimum Gasteiger partial charge on any atom is -0.490 e. The molecular weight excluding hydrogens is 382 g/mol. The van der Waals surface area contributed by atoms with Crippen molar-refractivity contribution in [2.45, 2.75) is 39.2 Å². The van der Waals surface area contributed by atoms with Gasteiger partial charge in [0.15, 0.2) is 11.5 Å². The molecule has 2 aromatic carbocycles. The minimum atomic E-state index is -1.15. The lowest BCUT2D eigenvalue weighted by Gasteiger charge is -2.20. The van der Waals surface area contributed by atoms with Crippen molar-refractivity contribution < 1.29 is 19.1 Å². The van der Waals surface area contributed by atoms with Crippen molar-refractivity contribution in [2.75, 3.05) is 13.2 Å². The number of urea groups is 1. The van der Waals surface area contributed by atoms with E-state index in [1.165, 1.54) is 6.21 Å². The predicted octanol–water partition coefficient (Wildman–Crippen LogP) is 4.07. The van der Waals surface area contributed by atoms with Crippen LogP contribution in [-0.4, -0.2) is 36.4 Å². The van der Waals surface area contributed by atoms with E-state index in [4.69, 9.17) is 9.47 Å². The molecule has 7 heteroatoms. The van der Waals surface area contributed by atoms with Crippen LogP contribution >= 0.6 is 0 Å². The van der Waals surface area contributed by atoms with Gasteiger partial charge in [-0.25, -0.2) is 4.79 Å². The molecule has 7 nitrogen and oxygen atoms in total. The fourth-order valence-corrected chi connectivity index (χ4v) is 3.14. The summed E-state index contributed by atoms with van der Waals surface area (Å²) in [6.07, 6.45) is 3.47. The largest absolute Gasteiger partial charge is 0.490 e. The molecule has 1 aliphatic rings. The van der Waals surface area contributed by atoms with Gasteiger partial charge in [0, 0.05) is 0 Å². The predicted molar refractivity (Wildman–Crippen MR) is 115 cm³/mol. The number of benzene rings is 2. The van der Waals surface area contributed by atoms with Crippen LogP contribution < -0.4 is 14.8 Å². The Morgan fingerprint density at radius 2 is 1.83 bits per heavy atom. The smallest absolute Gasteiger partial charge is 0.346 e. The number of nitrogens with zero attached hydrogens (tertiary/aromatic N) is 2. The molecule has 1 aliphatic heterocycles. The summed E-state index contributed by atoms with van der Waals surface area (Å²) in [5, 5.41) is 7.72. The first-order chi connectivity index (χ1) is 14.5. The Hall–Kier alpha value is -3.35. The second-order valence-electron chi connectivity index (χ2n) is 7.12. The summed E-state index contributed by atoms with van der Waals surface area (Å²) in [6, 6.07) is 13.9. The number of carbonyl (C=O) groups is 2. The maximum absolute atomic E-state index is 12.9. The fraction of sp³-hybridized carbons (Fsp3) is 0.348. The fourth-order valence-electron chi connectivity index (χ4n) is 3.14. The highest BCUT2D eigenvalue weighted by Gasteiger charge is 2.49. The molecule has 1 atom stereocenters. The molecular formula is C23H27N3O4. The van der Waals surface area contributed by atoms with E-state index in [1.807, 2.05) is 37.3 Å². The van der Waals surface area contributed by atoms with E-state index < -0.39 is 17.5 Å². The van der Waals surface area contributed by atoms with Gasteiger partial charge in [0.2, 0.25) is 0 Å². The average Bonchev–Trinajstić information content (AvgIpc) is 2.98. The van der Waals surface area contributed by atoms with Gasteiger partial charge >= 0.3 is 6.03 Å². The van der Waals surface area contributed by atoms with Gasteiger partial charge in [0.25, 0.3) is 5.91 Å². The molecule has 0 spiro atoms. The molecule has 0 bridgehead atoms. The third kappa shape index (κ3) is 4.45. The maximum atomic E-state index is 12.9. The van der Waals surface area contributed by atoms with Crippen LogP contribution in [0.4, 0.5) is 4.79 Å². The summed E-state index contributed by atoms with van der Waals surface area (Å²) >= 11 is 0. The molecule has 0 unspecified atom stereocenters. The lowest BCUT2D eigenvalue weighted by atomic mass is 9.92. The van der Waals surface area contributed by atoms with Crippen LogP contribution in [0, 0.1) is 0 Å². The highest BCUT2D eigenvalue weighted by Crippen LogP contribution is 2.30. The number of hydrogen-bond acceptors (Lipinski definition) is 5. The number of imide groups is 1. The highest BCUT2D eigenvalue weighted by atomic mass is 16.5. The quantitative estimate of drug-likeness (QED) is 0.385. The standard InChI is InChI=1S/C23H27N3O4/c1-4-6-14-30-19-13-12-17(15-20(19)29-5-2)16-24-26-21(27)23(3,25-22(26)28)18-10-8-7-9-11-18/h7-13,15-16H,4-6,14H2,1-3H3,(H,25,28)/b24-16-/t23-/m1/s1. The van der Waals surface area contributed by atoms with Gasteiger partial charge in [-0.3, -0.25) is 4.79 Å². The zero-order chi connectivity index (χ0) is 21.6. The van der Waals surface area contributed by atoms with Crippen molar-refractivity contribution in [1.29, 1.82) is 0 Å². The van der Waals surface area contributed by atoms with E-state index in [0.29, 0.717) is 35.8 Å². The molecule has 1 N–H and O–H groups in total. The summed E-state index contributed by atoms with van der Waals surface area (Å²) in [6.45, 7) is 6.78. The Kier molecular flexibility index (Phi) is 6.72. The Balaban J connectivity index is 1.78. The van der Waals surface area contributed by atoms with Crippen LogP contribution in [0.3, 0.4) is 0 Å². The monoisotopic (exact) mass is 409 g/mol. The molecule has 0 aliphatic carbocycles. The van der Waals surface area contributed by atoms with E-state index in [2.05, 4.69) is 17.3 Å². The second kappa shape index (κ2) is 9.43. The van der Waals surface area contributed by atoms with Crippen LogP contribution in [0.5, 0.6) is 11.5 Å². The Morgan fingerprint density at radius 1 is 1.07 bits per heavy atom. The minimum absolute atomic E-state index is 0.431. The average molecular weight is 409 g/mol. The van der Waals surface area contributed by atoms with Crippen LogP contribution in [0.1, 0.15) is 44.7 Å². The molecule has 0 radical (unpaired) electrons. The Labute approximate surface area is 176 Å². The van der Waals surface area contributed by atoms with Crippen molar-refractivity contribution in [3.05, 3.63) is 59.7 Å². The summed E-state index contributed by atoms with van der Waals surface area (Å²) < 4.78 is 11.4. The molecule has 0 aromatic heterocycles. The molecule has 30 heavy (non-hydrogen) atoms. The molecule has 1 fully saturated rings. The molecule has 3 amide bonds. The summed E-state index contributed by atoms with van der Waals surface area (Å²) in [5.41, 5.74) is 0.242. The number of nitrogens with one attached hydrogen (secondary N) is 1. The number of ether oxygens (including phenoxy) is 2. The topological polar surface area (TPSA) is 80.2 Å². The van der Waals surface area contributed by atoms with E-state index in [1.54, 1.807) is 25.1 Å². The van der Waals surface area contributed by atoms with E-state index in [0.717, 1.165) is 17.9 Å². The normalized spacial score (nSPS) is 18.7. The zero-order valence-corrected chi connectivity index (χ0v) is 17.6. The molecule has 1 saturated heterocycles. The third-order valence-corrected chi connectivity index (χ3v) is 4.87. The van der Waals surface area contributed by atoms with Crippen LogP contribution in [-0.2, 0) is 10.3 Å².